The Labute approximate surface area is 114 Å². The summed E-state index contributed by atoms with van der Waals surface area (Å²) in [5.74, 6) is -1.58. The van der Waals surface area contributed by atoms with Crippen molar-refractivity contribution in [2.45, 2.75) is 19.8 Å². The Morgan fingerprint density at radius 1 is 1.42 bits per heavy atom. The van der Waals surface area contributed by atoms with Crippen molar-refractivity contribution in [2.75, 3.05) is 13.1 Å². The smallest absolute Gasteiger partial charge is 0.308 e. The number of carboxylic acid groups (broad SMARTS) is 1. The Morgan fingerprint density at radius 3 is 2.74 bits per heavy atom. The second-order valence-electron chi connectivity index (χ2n) is 4.68. The first kappa shape index (κ1) is 13.7. The van der Waals surface area contributed by atoms with Crippen LogP contribution in [0.1, 0.15) is 39.8 Å². The van der Waals surface area contributed by atoms with Crippen molar-refractivity contribution in [1.82, 2.24) is 4.90 Å². The van der Waals surface area contributed by atoms with Crippen molar-refractivity contribution in [3.8, 4) is 0 Å². The second kappa shape index (κ2) is 5.52. The molecule has 1 saturated heterocycles. The number of carbonyl (C=O) groups excluding carboxylic acids is 2. The van der Waals surface area contributed by atoms with E-state index in [1.165, 1.54) is 18.3 Å². The van der Waals surface area contributed by atoms with E-state index in [9.17, 15) is 14.4 Å². The van der Waals surface area contributed by atoms with Gasteiger partial charge in [0.1, 0.15) is 0 Å². The molecular weight excluding hydrogens is 266 g/mol. The molecule has 0 saturated carbocycles. The molecule has 1 N–H and O–H groups in total. The summed E-state index contributed by atoms with van der Waals surface area (Å²) in [6.07, 6.45) is 1.32. The average molecular weight is 281 g/mol. The Bertz CT molecular complexity index is 522. The molecule has 1 aliphatic rings. The van der Waals surface area contributed by atoms with Crippen LogP contribution in [0.3, 0.4) is 0 Å². The van der Waals surface area contributed by atoms with Gasteiger partial charge < -0.3 is 10.0 Å². The van der Waals surface area contributed by atoms with Gasteiger partial charge in [0, 0.05) is 24.0 Å². The van der Waals surface area contributed by atoms with E-state index >= 15 is 0 Å². The van der Waals surface area contributed by atoms with Crippen LogP contribution in [0, 0.1) is 5.92 Å². The van der Waals surface area contributed by atoms with Crippen LogP contribution in [0.2, 0.25) is 0 Å². The molecule has 1 amide bonds. The molecule has 0 aliphatic carbocycles. The van der Waals surface area contributed by atoms with E-state index in [0.29, 0.717) is 29.8 Å². The quantitative estimate of drug-likeness (QED) is 0.858. The van der Waals surface area contributed by atoms with Gasteiger partial charge >= 0.3 is 5.97 Å². The average Bonchev–Trinajstić information content (AvgIpc) is 2.87. The first-order chi connectivity index (χ1) is 8.99. The largest absolute Gasteiger partial charge is 0.481 e. The first-order valence-corrected chi connectivity index (χ1v) is 6.98. The number of aliphatic carboxylic acids is 1. The van der Waals surface area contributed by atoms with Gasteiger partial charge in [-0.15, -0.1) is 11.3 Å². The Morgan fingerprint density at radius 2 is 2.16 bits per heavy atom. The van der Waals surface area contributed by atoms with E-state index in [4.69, 9.17) is 5.11 Å². The zero-order chi connectivity index (χ0) is 14.0. The van der Waals surface area contributed by atoms with E-state index in [2.05, 4.69) is 0 Å². The molecule has 0 radical (unpaired) electrons. The van der Waals surface area contributed by atoms with Gasteiger partial charge in [0.2, 0.25) is 0 Å². The summed E-state index contributed by atoms with van der Waals surface area (Å²) in [5.41, 5.74) is 0.528. The van der Waals surface area contributed by atoms with Crippen molar-refractivity contribution in [3.05, 3.63) is 21.9 Å². The third kappa shape index (κ3) is 3.01. The molecule has 102 valence electrons. The third-order valence-corrected chi connectivity index (χ3v) is 4.19. The summed E-state index contributed by atoms with van der Waals surface area (Å²) in [5, 5.41) is 10.7. The van der Waals surface area contributed by atoms with Crippen LogP contribution in [0.4, 0.5) is 0 Å². The zero-order valence-corrected chi connectivity index (χ0v) is 11.4. The molecule has 2 heterocycles. The zero-order valence-electron chi connectivity index (χ0n) is 10.6. The minimum Gasteiger partial charge on any atom is -0.481 e. The Hall–Kier alpha value is -1.69. The minimum atomic E-state index is -0.854. The fraction of sp³-hybridized carbons (Fsp3) is 0.462. The lowest BCUT2D eigenvalue weighted by Crippen LogP contribution is -2.42. The summed E-state index contributed by atoms with van der Waals surface area (Å²) >= 11 is 1.23. The number of likely N-dealkylation sites (tertiary alicyclic amines) is 1. The van der Waals surface area contributed by atoms with Gasteiger partial charge in [-0.1, -0.05) is 0 Å². The molecule has 1 aliphatic heterocycles. The fourth-order valence-electron chi connectivity index (χ4n) is 2.15. The molecule has 2 rings (SSSR count). The number of piperidine rings is 1. The fourth-order valence-corrected chi connectivity index (χ4v) is 3.06. The molecule has 1 aromatic rings. The van der Waals surface area contributed by atoms with Crippen molar-refractivity contribution in [3.63, 3.8) is 0 Å². The topological polar surface area (TPSA) is 74.7 Å². The summed E-state index contributed by atoms with van der Waals surface area (Å²) in [4.78, 5) is 36.5. The van der Waals surface area contributed by atoms with Gasteiger partial charge in [0.05, 0.1) is 10.8 Å². The Kier molecular flexibility index (Phi) is 3.99. The van der Waals surface area contributed by atoms with E-state index in [0.717, 1.165) is 0 Å². The Balaban J connectivity index is 2.10. The van der Waals surface area contributed by atoms with Crippen molar-refractivity contribution in [1.29, 1.82) is 0 Å². The lowest BCUT2D eigenvalue weighted by molar-refractivity contribution is -0.143. The third-order valence-electron chi connectivity index (χ3n) is 3.27. The van der Waals surface area contributed by atoms with E-state index < -0.39 is 11.9 Å². The van der Waals surface area contributed by atoms with Crippen LogP contribution < -0.4 is 0 Å². The summed E-state index contributed by atoms with van der Waals surface area (Å²) in [7, 11) is 0. The van der Waals surface area contributed by atoms with E-state index in [-0.39, 0.29) is 18.2 Å². The molecule has 1 aromatic heterocycles. The van der Waals surface area contributed by atoms with Gasteiger partial charge in [-0.25, -0.2) is 0 Å². The highest BCUT2D eigenvalue weighted by atomic mass is 32.1. The molecule has 5 nitrogen and oxygen atoms in total. The number of nitrogens with zero attached hydrogens (tertiary/aromatic N) is 1. The number of carboxylic acids is 1. The lowest BCUT2D eigenvalue weighted by atomic mass is 9.98. The van der Waals surface area contributed by atoms with Gasteiger partial charge in [-0.05, 0) is 25.8 Å². The number of carbonyl (C=O) groups is 3. The number of ketones is 1. The molecule has 19 heavy (non-hydrogen) atoms. The highest BCUT2D eigenvalue weighted by Gasteiger charge is 2.29. The standard InChI is InChI=1S/C13H15NO4S/c1-8(15)10-5-11(19-7-10)12(16)14-4-2-3-9(6-14)13(17)18/h5,7,9H,2-4,6H2,1H3,(H,17,18). The molecule has 1 unspecified atom stereocenters. The van der Waals surface area contributed by atoms with E-state index in [1.807, 2.05) is 0 Å². The highest BCUT2D eigenvalue weighted by molar-refractivity contribution is 7.12. The molecule has 1 atom stereocenters. The molecule has 6 heteroatoms. The number of thiophene rings is 1. The maximum absolute atomic E-state index is 12.2. The van der Waals surface area contributed by atoms with Crippen molar-refractivity contribution >= 4 is 29.0 Å². The number of rotatable bonds is 3. The molecule has 0 bridgehead atoms. The van der Waals surface area contributed by atoms with Gasteiger partial charge in [-0.3, -0.25) is 14.4 Å². The number of Topliss-reactive ketones (excluding diaryl/α,β-unsaturated/α-hetero) is 1. The van der Waals surface area contributed by atoms with Crippen LogP contribution in [-0.2, 0) is 4.79 Å². The highest BCUT2D eigenvalue weighted by Crippen LogP contribution is 2.22. The van der Waals surface area contributed by atoms with Gasteiger partial charge in [-0.2, -0.15) is 0 Å². The van der Waals surface area contributed by atoms with Gasteiger partial charge in [0.25, 0.3) is 5.91 Å². The van der Waals surface area contributed by atoms with Crippen LogP contribution >= 0.6 is 11.3 Å². The number of hydrogen-bond donors (Lipinski definition) is 1. The maximum atomic E-state index is 12.2. The van der Waals surface area contributed by atoms with Crippen LogP contribution in [-0.4, -0.2) is 40.8 Å². The lowest BCUT2D eigenvalue weighted by Gasteiger charge is -2.30. The normalized spacial score (nSPS) is 19.2. The SMILES string of the molecule is CC(=O)c1csc(C(=O)N2CCCC(C(=O)O)C2)c1. The first-order valence-electron chi connectivity index (χ1n) is 6.10. The van der Waals surface area contributed by atoms with Crippen LogP contribution in [0.15, 0.2) is 11.4 Å². The minimum absolute atomic E-state index is 0.0719. The van der Waals surface area contributed by atoms with Crippen molar-refractivity contribution in [2.24, 2.45) is 5.92 Å². The molecule has 0 aromatic carbocycles. The van der Waals surface area contributed by atoms with E-state index in [1.54, 1.807) is 16.3 Å². The van der Waals surface area contributed by atoms with Crippen LogP contribution in [0.5, 0.6) is 0 Å². The predicted molar refractivity (Wildman–Crippen MR) is 70.6 cm³/mol. The maximum Gasteiger partial charge on any atom is 0.308 e. The van der Waals surface area contributed by atoms with Crippen LogP contribution in [0.25, 0.3) is 0 Å². The number of hydrogen-bond acceptors (Lipinski definition) is 4. The second-order valence-corrected chi connectivity index (χ2v) is 5.60. The molecule has 0 spiro atoms. The number of amides is 1. The molecular formula is C13H15NO4S. The van der Waals surface area contributed by atoms with Gasteiger partial charge in [0.15, 0.2) is 5.78 Å². The summed E-state index contributed by atoms with van der Waals surface area (Å²) in [6, 6.07) is 1.58. The summed E-state index contributed by atoms with van der Waals surface area (Å²) in [6.45, 7) is 2.29. The van der Waals surface area contributed by atoms with Crippen molar-refractivity contribution < 1.29 is 19.5 Å². The summed E-state index contributed by atoms with van der Waals surface area (Å²) < 4.78 is 0. The molecule has 1 fully saturated rings. The monoisotopic (exact) mass is 281 g/mol. The predicted octanol–water partition coefficient (Wildman–Crippen LogP) is 1.89.